The van der Waals surface area contributed by atoms with Crippen LogP contribution in [0.4, 0.5) is 17.6 Å². The van der Waals surface area contributed by atoms with E-state index in [9.17, 15) is 22.4 Å². The SMILES string of the molecule is Cc1ccc(C(=O)N2CC3CCC2C(Oc2ccc(C(F)(F)F)cn2)C3)c(-c2ncccc2F)n1. The lowest BCUT2D eigenvalue weighted by atomic mass is 9.77. The number of halogens is 4. The molecule has 0 spiro atoms. The standard InChI is InChI=1S/C25H22F4N4O2/c1-14-4-7-17(22(32-14)23-18(26)3-2-10-30-23)24(34)33-13-15-5-8-19(33)20(11-15)35-21-9-6-16(12-31-21)25(27,28)29/h2-4,6-7,9-10,12,15,19-20H,5,8,11,13H2,1H3. The van der Waals surface area contributed by atoms with Crippen molar-refractivity contribution in [3.05, 3.63) is 71.4 Å². The highest BCUT2D eigenvalue weighted by molar-refractivity contribution is 6.00. The van der Waals surface area contributed by atoms with E-state index in [1.165, 1.54) is 24.4 Å². The van der Waals surface area contributed by atoms with Crippen molar-refractivity contribution in [3.63, 3.8) is 0 Å². The Hall–Kier alpha value is -3.56. The second-order valence-corrected chi connectivity index (χ2v) is 8.93. The minimum atomic E-state index is -4.48. The van der Waals surface area contributed by atoms with Gasteiger partial charge in [0, 0.05) is 30.7 Å². The number of fused-ring (bicyclic) bond motifs is 3. The Morgan fingerprint density at radius 1 is 1.09 bits per heavy atom. The van der Waals surface area contributed by atoms with Crippen molar-refractivity contribution in [2.75, 3.05) is 6.54 Å². The summed E-state index contributed by atoms with van der Waals surface area (Å²) in [6.07, 6.45) is -0.428. The van der Waals surface area contributed by atoms with Crippen molar-refractivity contribution in [2.45, 2.75) is 44.5 Å². The van der Waals surface area contributed by atoms with Gasteiger partial charge in [0.2, 0.25) is 5.88 Å². The molecule has 6 nitrogen and oxygen atoms in total. The number of pyridine rings is 3. The topological polar surface area (TPSA) is 68.2 Å². The van der Waals surface area contributed by atoms with E-state index in [-0.39, 0.29) is 40.7 Å². The largest absolute Gasteiger partial charge is 0.472 e. The Bertz CT molecular complexity index is 1250. The molecule has 2 bridgehead atoms. The summed E-state index contributed by atoms with van der Waals surface area (Å²) in [7, 11) is 0. The van der Waals surface area contributed by atoms with Crippen molar-refractivity contribution >= 4 is 5.91 Å². The fourth-order valence-corrected chi connectivity index (χ4v) is 4.89. The van der Waals surface area contributed by atoms with E-state index in [4.69, 9.17) is 4.74 Å². The van der Waals surface area contributed by atoms with Gasteiger partial charge in [-0.15, -0.1) is 0 Å². The summed E-state index contributed by atoms with van der Waals surface area (Å²) in [6.45, 7) is 2.27. The molecule has 1 saturated carbocycles. The first-order valence-electron chi connectivity index (χ1n) is 11.3. The second kappa shape index (κ2) is 8.90. The molecule has 2 saturated heterocycles. The molecule has 6 rings (SSSR count). The molecule has 182 valence electrons. The first-order valence-corrected chi connectivity index (χ1v) is 11.3. The van der Waals surface area contributed by atoms with Crippen LogP contribution in [0.5, 0.6) is 5.88 Å². The molecule has 35 heavy (non-hydrogen) atoms. The van der Waals surface area contributed by atoms with Crippen LogP contribution in [0, 0.1) is 18.7 Å². The third kappa shape index (κ3) is 4.56. The molecule has 0 aromatic carbocycles. The molecular weight excluding hydrogens is 464 g/mol. The smallest absolute Gasteiger partial charge is 0.417 e. The highest BCUT2D eigenvalue weighted by atomic mass is 19.4. The van der Waals surface area contributed by atoms with Crippen LogP contribution < -0.4 is 4.74 Å². The van der Waals surface area contributed by atoms with Crippen LogP contribution in [0.3, 0.4) is 0 Å². The van der Waals surface area contributed by atoms with Crippen LogP contribution in [0.15, 0.2) is 48.8 Å². The number of alkyl halides is 3. The number of aryl methyl sites for hydroxylation is 1. The minimum absolute atomic E-state index is 0.00322. The van der Waals surface area contributed by atoms with E-state index in [1.54, 1.807) is 24.0 Å². The Kier molecular flexibility index (Phi) is 5.90. The van der Waals surface area contributed by atoms with Gasteiger partial charge in [-0.1, -0.05) is 0 Å². The van der Waals surface area contributed by atoms with E-state index in [0.29, 0.717) is 25.1 Å². The van der Waals surface area contributed by atoms with Crippen molar-refractivity contribution in [1.82, 2.24) is 19.9 Å². The van der Waals surface area contributed by atoms with E-state index in [1.807, 2.05) is 0 Å². The molecule has 0 N–H and O–H groups in total. The minimum Gasteiger partial charge on any atom is -0.472 e. The normalized spacial score (nSPS) is 21.7. The molecule has 1 amide bonds. The van der Waals surface area contributed by atoms with Crippen LogP contribution in [0.1, 0.15) is 40.9 Å². The molecule has 10 heteroatoms. The summed E-state index contributed by atoms with van der Waals surface area (Å²) in [4.78, 5) is 27.7. The maximum atomic E-state index is 14.5. The maximum Gasteiger partial charge on any atom is 0.417 e. The monoisotopic (exact) mass is 486 g/mol. The zero-order valence-corrected chi connectivity index (χ0v) is 18.8. The van der Waals surface area contributed by atoms with Crippen LogP contribution >= 0.6 is 0 Å². The molecular formula is C25H22F4N4O2. The van der Waals surface area contributed by atoms with Gasteiger partial charge < -0.3 is 9.64 Å². The first kappa shape index (κ1) is 23.2. The van der Waals surface area contributed by atoms with Gasteiger partial charge in [0.1, 0.15) is 17.5 Å². The lowest BCUT2D eigenvalue weighted by Gasteiger charge is -2.49. The number of carbonyl (C=O) groups excluding carboxylic acids is 1. The van der Waals surface area contributed by atoms with Gasteiger partial charge in [-0.2, -0.15) is 13.2 Å². The lowest BCUT2D eigenvalue weighted by molar-refractivity contribution is -0.137. The average molecular weight is 486 g/mol. The van der Waals surface area contributed by atoms with Gasteiger partial charge in [0.25, 0.3) is 5.91 Å². The van der Waals surface area contributed by atoms with Crippen LogP contribution in [-0.2, 0) is 6.18 Å². The van der Waals surface area contributed by atoms with Crippen LogP contribution in [0.2, 0.25) is 0 Å². The first-order chi connectivity index (χ1) is 16.7. The van der Waals surface area contributed by atoms with Crippen LogP contribution in [0.25, 0.3) is 11.4 Å². The molecule has 0 radical (unpaired) electrons. The summed E-state index contributed by atoms with van der Waals surface area (Å²) in [5.41, 5.74) is 0.191. The number of ether oxygens (including phenoxy) is 1. The number of piperidine rings is 2. The predicted octanol–water partition coefficient (Wildman–Crippen LogP) is 5.08. The number of nitrogens with zero attached hydrogens (tertiary/aromatic N) is 4. The van der Waals surface area contributed by atoms with Gasteiger partial charge in [0.15, 0.2) is 5.82 Å². The summed E-state index contributed by atoms with van der Waals surface area (Å²) in [5.74, 6) is -0.622. The Morgan fingerprint density at radius 2 is 1.91 bits per heavy atom. The molecule has 3 aliphatic rings. The predicted molar refractivity (Wildman–Crippen MR) is 118 cm³/mol. The molecule has 3 atom stereocenters. The summed E-state index contributed by atoms with van der Waals surface area (Å²) < 4.78 is 59.0. The maximum absolute atomic E-state index is 14.5. The number of rotatable bonds is 4. The fraction of sp³-hybridized carbons (Fsp3) is 0.360. The Morgan fingerprint density at radius 3 is 2.60 bits per heavy atom. The van der Waals surface area contributed by atoms with Gasteiger partial charge in [-0.25, -0.2) is 9.37 Å². The molecule has 1 aliphatic carbocycles. The Balaban J connectivity index is 1.41. The number of amides is 1. The van der Waals surface area contributed by atoms with Crippen molar-refractivity contribution < 1.29 is 27.1 Å². The molecule has 3 aromatic rings. The summed E-state index contributed by atoms with van der Waals surface area (Å²) in [5, 5.41) is 0. The second-order valence-electron chi connectivity index (χ2n) is 8.93. The van der Waals surface area contributed by atoms with E-state index in [2.05, 4.69) is 15.0 Å². The molecule has 5 heterocycles. The van der Waals surface area contributed by atoms with Gasteiger partial charge in [-0.05, 0) is 62.4 Å². The average Bonchev–Trinajstić information content (AvgIpc) is 2.84. The molecule has 3 aromatic heterocycles. The highest BCUT2D eigenvalue weighted by Crippen LogP contribution is 2.39. The van der Waals surface area contributed by atoms with E-state index >= 15 is 0 Å². The molecule has 2 aliphatic heterocycles. The third-order valence-electron chi connectivity index (χ3n) is 6.57. The molecule has 3 fully saturated rings. The van der Waals surface area contributed by atoms with Crippen molar-refractivity contribution in [2.24, 2.45) is 5.92 Å². The third-order valence-corrected chi connectivity index (χ3v) is 6.57. The zero-order chi connectivity index (χ0) is 24.7. The lowest BCUT2D eigenvalue weighted by Crippen LogP contribution is -2.59. The molecule has 3 unspecified atom stereocenters. The van der Waals surface area contributed by atoms with Gasteiger partial charge >= 0.3 is 6.18 Å². The van der Waals surface area contributed by atoms with Crippen molar-refractivity contribution in [1.29, 1.82) is 0 Å². The van der Waals surface area contributed by atoms with Crippen LogP contribution in [-0.4, -0.2) is 44.4 Å². The summed E-state index contributed by atoms with van der Waals surface area (Å²) in [6, 6.07) is 7.89. The summed E-state index contributed by atoms with van der Waals surface area (Å²) >= 11 is 0. The van der Waals surface area contributed by atoms with Crippen molar-refractivity contribution in [3.8, 4) is 17.3 Å². The number of carbonyl (C=O) groups is 1. The zero-order valence-electron chi connectivity index (χ0n) is 18.8. The number of aromatic nitrogens is 3. The van der Waals surface area contributed by atoms with E-state index < -0.39 is 23.7 Å². The number of hydrogen-bond donors (Lipinski definition) is 0. The highest BCUT2D eigenvalue weighted by Gasteiger charge is 2.45. The van der Waals surface area contributed by atoms with Gasteiger partial charge in [0.05, 0.1) is 17.2 Å². The Labute approximate surface area is 199 Å². The number of hydrogen-bond acceptors (Lipinski definition) is 5. The van der Waals surface area contributed by atoms with Gasteiger partial charge in [-0.3, -0.25) is 14.8 Å². The quantitative estimate of drug-likeness (QED) is 0.482. The fourth-order valence-electron chi connectivity index (χ4n) is 4.89. The van der Waals surface area contributed by atoms with E-state index in [0.717, 1.165) is 18.7 Å².